The molecular weight excluding hydrogens is 412 g/mol. The van der Waals surface area contributed by atoms with Crippen molar-refractivity contribution in [2.45, 2.75) is 20.8 Å². The molecule has 0 unspecified atom stereocenters. The molecule has 1 aliphatic heterocycles. The molecule has 0 radical (unpaired) electrons. The van der Waals surface area contributed by atoms with Gasteiger partial charge in [0, 0.05) is 33.6 Å². The molecule has 0 spiro atoms. The van der Waals surface area contributed by atoms with Crippen LogP contribution in [0, 0.1) is 20.8 Å². The quantitative estimate of drug-likeness (QED) is 0.365. The summed E-state index contributed by atoms with van der Waals surface area (Å²) in [6, 6.07) is 21.7. The summed E-state index contributed by atoms with van der Waals surface area (Å²) in [4.78, 5) is 27.0. The second-order valence-electron chi connectivity index (χ2n) is 8.36. The highest BCUT2D eigenvalue weighted by Gasteiger charge is 2.30. The second kappa shape index (κ2) is 8.06. The molecule has 0 bridgehead atoms. The lowest BCUT2D eigenvalue weighted by Gasteiger charge is -2.16. The van der Waals surface area contributed by atoms with E-state index in [0.29, 0.717) is 5.56 Å². The summed E-state index contributed by atoms with van der Waals surface area (Å²) in [7, 11) is 0. The Morgan fingerprint density at radius 2 is 1.73 bits per heavy atom. The van der Waals surface area contributed by atoms with Gasteiger partial charge in [-0.15, -0.1) is 0 Å². The summed E-state index contributed by atoms with van der Waals surface area (Å²) in [5.41, 5.74) is 9.28. The SMILES string of the molecule is Cc1ccc(-n2c(C)cc(/C=N/NC(=O)CN3C(=O)c4cccc5cccc3c45)c2C)cc1. The number of rotatable bonds is 5. The molecule has 0 saturated carbocycles. The maximum Gasteiger partial charge on any atom is 0.260 e. The Bertz CT molecular complexity index is 1430. The number of aromatic nitrogens is 1. The van der Waals surface area contributed by atoms with Gasteiger partial charge in [-0.2, -0.15) is 5.10 Å². The Labute approximate surface area is 192 Å². The van der Waals surface area contributed by atoms with E-state index < -0.39 is 0 Å². The lowest BCUT2D eigenvalue weighted by atomic mass is 10.1. The average molecular weight is 437 g/mol. The largest absolute Gasteiger partial charge is 0.318 e. The fourth-order valence-corrected chi connectivity index (χ4v) is 4.50. The van der Waals surface area contributed by atoms with E-state index in [-0.39, 0.29) is 18.4 Å². The minimum absolute atomic E-state index is 0.0909. The number of benzene rings is 3. The van der Waals surface area contributed by atoms with Gasteiger partial charge in [0.2, 0.25) is 0 Å². The second-order valence-corrected chi connectivity index (χ2v) is 8.36. The number of amides is 2. The van der Waals surface area contributed by atoms with Crippen LogP contribution in [0.4, 0.5) is 5.69 Å². The van der Waals surface area contributed by atoms with Crippen molar-refractivity contribution < 1.29 is 9.59 Å². The van der Waals surface area contributed by atoms with Crippen LogP contribution in [-0.2, 0) is 4.79 Å². The number of carbonyl (C=O) groups is 2. The smallest absolute Gasteiger partial charge is 0.260 e. The van der Waals surface area contributed by atoms with Crippen molar-refractivity contribution in [2.75, 3.05) is 11.4 Å². The van der Waals surface area contributed by atoms with Crippen LogP contribution in [0.25, 0.3) is 16.5 Å². The van der Waals surface area contributed by atoms with Gasteiger partial charge < -0.3 is 4.57 Å². The van der Waals surface area contributed by atoms with Crippen molar-refractivity contribution in [3.05, 3.63) is 94.8 Å². The maximum absolute atomic E-state index is 12.9. The van der Waals surface area contributed by atoms with Gasteiger partial charge >= 0.3 is 0 Å². The Balaban J connectivity index is 1.30. The number of aryl methyl sites for hydroxylation is 2. The summed E-state index contributed by atoms with van der Waals surface area (Å²) in [6.45, 7) is 6.04. The van der Waals surface area contributed by atoms with Crippen molar-refractivity contribution in [1.29, 1.82) is 0 Å². The Morgan fingerprint density at radius 1 is 1.00 bits per heavy atom. The highest BCUT2D eigenvalue weighted by Crippen LogP contribution is 2.36. The van der Waals surface area contributed by atoms with Crippen LogP contribution in [-0.4, -0.2) is 29.1 Å². The lowest BCUT2D eigenvalue weighted by Crippen LogP contribution is -2.37. The molecule has 6 nitrogen and oxygen atoms in total. The third-order valence-electron chi connectivity index (χ3n) is 6.11. The van der Waals surface area contributed by atoms with Crippen LogP contribution < -0.4 is 10.3 Å². The van der Waals surface area contributed by atoms with Crippen LogP contribution in [0.5, 0.6) is 0 Å². The molecule has 0 aliphatic carbocycles. The molecular formula is C27H24N4O2. The monoisotopic (exact) mass is 436 g/mol. The van der Waals surface area contributed by atoms with Gasteiger partial charge in [0.15, 0.2) is 0 Å². The van der Waals surface area contributed by atoms with Gasteiger partial charge in [0.05, 0.1) is 11.9 Å². The number of anilines is 1. The van der Waals surface area contributed by atoms with Crippen molar-refractivity contribution >= 4 is 34.5 Å². The number of nitrogens with one attached hydrogen (secondary N) is 1. The van der Waals surface area contributed by atoms with E-state index in [9.17, 15) is 9.59 Å². The molecule has 164 valence electrons. The number of hydrogen-bond donors (Lipinski definition) is 1. The first-order valence-electron chi connectivity index (χ1n) is 10.9. The van der Waals surface area contributed by atoms with Gasteiger partial charge in [-0.05, 0) is 56.5 Å². The summed E-state index contributed by atoms with van der Waals surface area (Å²) in [6.07, 6.45) is 1.65. The van der Waals surface area contributed by atoms with Crippen molar-refractivity contribution in [3.63, 3.8) is 0 Å². The summed E-state index contributed by atoms with van der Waals surface area (Å²) in [5.74, 6) is -0.515. The first-order valence-corrected chi connectivity index (χ1v) is 10.9. The zero-order chi connectivity index (χ0) is 23.1. The van der Waals surface area contributed by atoms with Gasteiger partial charge in [-0.3, -0.25) is 14.5 Å². The van der Waals surface area contributed by atoms with Crippen molar-refractivity contribution in [1.82, 2.24) is 9.99 Å². The fraction of sp³-hybridized carbons (Fsp3) is 0.148. The van der Waals surface area contributed by atoms with Crippen LogP contribution in [0.15, 0.2) is 71.8 Å². The van der Waals surface area contributed by atoms with E-state index >= 15 is 0 Å². The summed E-state index contributed by atoms with van der Waals surface area (Å²) in [5, 5.41) is 6.04. The molecule has 0 fully saturated rings. The Hall–Kier alpha value is -4.19. The van der Waals surface area contributed by atoms with Crippen LogP contribution >= 0.6 is 0 Å². The Kier molecular flexibility index (Phi) is 5.05. The molecule has 1 aromatic heterocycles. The minimum Gasteiger partial charge on any atom is -0.318 e. The predicted molar refractivity (Wildman–Crippen MR) is 131 cm³/mol. The van der Waals surface area contributed by atoms with Crippen LogP contribution in [0.3, 0.4) is 0 Å². The van der Waals surface area contributed by atoms with E-state index in [1.54, 1.807) is 12.3 Å². The highest BCUT2D eigenvalue weighted by atomic mass is 16.2. The van der Waals surface area contributed by atoms with Crippen molar-refractivity contribution in [3.8, 4) is 5.69 Å². The molecule has 6 heteroatoms. The predicted octanol–water partition coefficient (Wildman–Crippen LogP) is 4.67. The molecule has 5 rings (SSSR count). The molecule has 33 heavy (non-hydrogen) atoms. The number of hydrazone groups is 1. The Morgan fingerprint density at radius 3 is 2.48 bits per heavy atom. The normalized spacial score (nSPS) is 12.8. The minimum atomic E-state index is -0.350. The molecule has 2 heterocycles. The topological polar surface area (TPSA) is 66.7 Å². The van der Waals surface area contributed by atoms with Gasteiger partial charge in [0.1, 0.15) is 6.54 Å². The average Bonchev–Trinajstić information content (AvgIpc) is 3.24. The summed E-state index contributed by atoms with van der Waals surface area (Å²) >= 11 is 0. The number of hydrogen-bond acceptors (Lipinski definition) is 3. The van der Waals surface area contributed by atoms with Gasteiger partial charge in [-0.1, -0.05) is 42.0 Å². The van der Waals surface area contributed by atoms with Crippen molar-refractivity contribution in [2.24, 2.45) is 5.10 Å². The van der Waals surface area contributed by atoms with E-state index in [0.717, 1.165) is 39.1 Å². The van der Waals surface area contributed by atoms with E-state index in [1.165, 1.54) is 10.5 Å². The molecule has 0 atom stereocenters. The van der Waals surface area contributed by atoms with E-state index in [2.05, 4.69) is 46.3 Å². The first kappa shape index (κ1) is 20.7. The zero-order valence-electron chi connectivity index (χ0n) is 18.8. The fourth-order valence-electron chi connectivity index (χ4n) is 4.50. The molecule has 1 aliphatic rings. The van der Waals surface area contributed by atoms with Crippen LogP contribution in [0.2, 0.25) is 0 Å². The maximum atomic E-state index is 12.9. The van der Waals surface area contributed by atoms with Gasteiger partial charge in [0.25, 0.3) is 11.8 Å². The standard InChI is InChI=1S/C27H24N4O2/c1-17-10-12-22(13-11-17)31-18(2)14-21(19(31)3)15-28-29-25(32)16-30-24-9-5-7-20-6-4-8-23(26(20)24)27(30)33/h4-15H,16H2,1-3H3,(H,29,32)/b28-15+. The highest BCUT2D eigenvalue weighted by molar-refractivity contribution is 6.26. The zero-order valence-corrected chi connectivity index (χ0v) is 18.8. The van der Waals surface area contributed by atoms with Crippen LogP contribution in [0.1, 0.15) is 32.9 Å². The van der Waals surface area contributed by atoms with E-state index in [4.69, 9.17) is 0 Å². The molecule has 3 aromatic carbocycles. The third-order valence-corrected chi connectivity index (χ3v) is 6.11. The number of nitrogens with zero attached hydrogens (tertiary/aromatic N) is 3. The molecule has 2 amide bonds. The molecule has 1 N–H and O–H groups in total. The molecule has 4 aromatic rings. The number of carbonyl (C=O) groups excluding carboxylic acids is 2. The molecule has 0 saturated heterocycles. The first-order chi connectivity index (χ1) is 15.9. The van der Waals surface area contributed by atoms with E-state index in [1.807, 2.05) is 50.2 Å². The summed E-state index contributed by atoms with van der Waals surface area (Å²) < 4.78 is 2.16. The third kappa shape index (κ3) is 3.59. The van der Waals surface area contributed by atoms with Gasteiger partial charge in [-0.25, -0.2) is 5.43 Å². The lowest BCUT2D eigenvalue weighted by molar-refractivity contribution is -0.119.